The van der Waals surface area contributed by atoms with Crippen LogP contribution in [0.5, 0.6) is 5.75 Å². The van der Waals surface area contributed by atoms with Gasteiger partial charge in [0.1, 0.15) is 18.1 Å². The van der Waals surface area contributed by atoms with Crippen molar-refractivity contribution in [1.82, 2.24) is 0 Å². The van der Waals surface area contributed by atoms with Gasteiger partial charge in [0.05, 0.1) is 24.9 Å². The van der Waals surface area contributed by atoms with Crippen LogP contribution in [0.1, 0.15) is 134 Å². The Morgan fingerprint density at radius 2 is 1.63 bits per heavy atom. The minimum atomic E-state index is -4.04. The predicted molar refractivity (Wildman–Crippen MR) is 254 cm³/mol. The molecule has 3 aromatic carbocycles. The highest BCUT2D eigenvalue weighted by Crippen LogP contribution is 2.49. The van der Waals surface area contributed by atoms with Gasteiger partial charge in [-0.25, -0.2) is 0 Å². The van der Waals surface area contributed by atoms with Gasteiger partial charge in [-0.3, -0.25) is 9.35 Å². The zero-order chi connectivity index (χ0) is 44.8. The number of benzene rings is 3. The van der Waals surface area contributed by atoms with Crippen LogP contribution in [0.15, 0.2) is 102 Å². The predicted octanol–water partition coefficient (Wildman–Crippen LogP) is 11.4. The molecule has 62 heavy (non-hydrogen) atoms. The van der Waals surface area contributed by atoms with E-state index in [1.807, 2.05) is 26.0 Å². The maximum Gasteiger partial charge on any atom is 0.264 e. The summed E-state index contributed by atoms with van der Waals surface area (Å²) in [6, 6.07) is 21.4. The van der Waals surface area contributed by atoms with Gasteiger partial charge in [-0.15, -0.1) is 0 Å². The van der Waals surface area contributed by atoms with E-state index >= 15 is 0 Å². The first-order valence-corrected chi connectivity index (χ1v) is 24.4. The number of methoxy groups -OCH3 is 1. The number of unbranched alkanes of at least 4 members (excludes halogenated alkanes) is 3. The lowest BCUT2D eigenvalue weighted by atomic mass is 9.79. The number of allylic oxidation sites excluding steroid dienone is 8. The molecule has 1 aliphatic carbocycles. The monoisotopic (exact) mass is 861 g/mol. The molecule has 0 saturated heterocycles. The molecule has 0 fully saturated rings. The summed E-state index contributed by atoms with van der Waals surface area (Å²) in [5.41, 5.74) is 13.5. The third-order valence-corrected chi connectivity index (χ3v) is 14.0. The van der Waals surface area contributed by atoms with Crippen LogP contribution in [0.25, 0.3) is 5.57 Å². The van der Waals surface area contributed by atoms with Gasteiger partial charge in [0.25, 0.3) is 10.1 Å². The second-order valence-electron chi connectivity index (χ2n) is 18.7. The van der Waals surface area contributed by atoms with Crippen LogP contribution in [0.2, 0.25) is 0 Å². The number of aliphatic hydroxyl groups excluding tert-OH is 1. The normalized spacial score (nSPS) is 18.5. The molecule has 2 aliphatic heterocycles. The number of aryl methyl sites for hydroxylation is 1. The van der Waals surface area contributed by atoms with Gasteiger partial charge in [0.2, 0.25) is 5.69 Å². The number of nitrogens with zero attached hydrogens (tertiary/aromatic N) is 2. The van der Waals surface area contributed by atoms with Gasteiger partial charge < -0.3 is 14.7 Å². The second kappa shape index (κ2) is 19.9. The number of carbonyl (C=O) groups excluding carboxylic acids is 1. The van der Waals surface area contributed by atoms with Crippen molar-refractivity contribution in [3.05, 3.63) is 130 Å². The van der Waals surface area contributed by atoms with E-state index in [-0.39, 0.29) is 34.9 Å². The first-order valence-electron chi connectivity index (χ1n) is 22.8. The molecule has 0 radical (unpaired) electrons. The van der Waals surface area contributed by atoms with Crippen molar-refractivity contribution in [3.8, 4) is 5.75 Å². The summed E-state index contributed by atoms with van der Waals surface area (Å²) >= 11 is 0. The van der Waals surface area contributed by atoms with Crippen LogP contribution < -0.4 is 9.64 Å². The zero-order valence-electron chi connectivity index (χ0n) is 38.4. The molecular weight excluding hydrogens is 793 g/mol. The Kier molecular flexibility index (Phi) is 15.0. The largest absolute Gasteiger partial charge is 0.497 e. The fourth-order valence-electron chi connectivity index (χ4n) is 9.54. The molecular formula is C53H69N2O6S+. The quantitative estimate of drug-likeness (QED) is 0.0702. The summed E-state index contributed by atoms with van der Waals surface area (Å²) in [6.07, 6.45) is 17.8. The highest BCUT2D eigenvalue weighted by molar-refractivity contribution is 7.85. The minimum absolute atomic E-state index is 0.0158. The topological polar surface area (TPSA) is 107 Å². The first-order chi connectivity index (χ1) is 29.5. The molecule has 0 bridgehead atoms. The fourth-order valence-corrected chi connectivity index (χ4v) is 10.1. The number of hydrogen-bond acceptors (Lipinski definition) is 6. The van der Waals surface area contributed by atoms with Crippen LogP contribution in [0.3, 0.4) is 0 Å². The smallest absolute Gasteiger partial charge is 0.264 e. The Labute approximate surface area is 371 Å². The molecule has 6 rings (SSSR count). The summed E-state index contributed by atoms with van der Waals surface area (Å²) in [5.74, 6) is 0.837. The van der Waals surface area contributed by atoms with Crippen LogP contribution in [-0.2, 0) is 38.8 Å². The van der Waals surface area contributed by atoms with E-state index in [1.54, 1.807) is 7.11 Å². The van der Waals surface area contributed by atoms with Crippen LogP contribution in [-0.4, -0.2) is 60.1 Å². The summed E-state index contributed by atoms with van der Waals surface area (Å²) in [6.45, 7) is 16.8. The van der Waals surface area contributed by atoms with Gasteiger partial charge in [0, 0.05) is 59.8 Å². The van der Waals surface area contributed by atoms with E-state index < -0.39 is 10.1 Å². The maximum absolute atomic E-state index is 12.5. The summed E-state index contributed by atoms with van der Waals surface area (Å²) in [5, 5.41) is 10.1. The van der Waals surface area contributed by atoms with Crippen LogP contribution in [0, 0.1) is 5.92 Å². The SMILES string of the molecule is CCCCCN1C(=CC=C2CCCC(C=CC3=[N+](CCCCS(=O)(=O)O)c4ccc(OC)cc4C3(C)C)=C2c2ccc(CCC(=O)C(C)C)cc2)C(C)(C)c2cc(CO)ccc21. The average Bonchev–Trinajstić information content (AvgIpc) is 3.59. The number of hydrogen-bond donors (Lipinski definition) is 2. The Morgan fingerprint density at radius 1 is 0.887 bits per heavy atom. The lowest BCUT2D eigenvalue weighted by Gasteiger charge is -2.28. The van der Waals surface area contributed by atoms with E-state index in [2.05, 4.69) is 117 Å². The highest BCUT2D eigenvalue weighted by Gasteiger charge is 2.45. The number of anilines is 1. The summed E-state index contributed by atoms with van der Waals surface area (Å²) in [7, 11) is -2.36. The molecule has 8 nitrogen and oxygen atoms in total. The van der Waals surface area contributed by atoms with Crippen LogP contribution in [0.4, 0.5) is 11.4 Å². The molecule has 0 atom stereocenters. The van der Waals surface area contributed by atoms with Gasteiger partial charge in [-0.05, 0) is 116 Å². The number of carbonyl (C=O) groups is 1. The van der Waals surface area contributed by atoms with Crippen molar-refractivity contribution >= 4 is 38.6 Å². The number of ether oxygens (including phenoxy) is 1. The Hall–Kier alpha value is -4.57. The Morgan fingerprint density at radius 3 is 2.31 bits per heavy atom. The summed E-state index contributed by atoms with van der Waals surface area (Å²) in [4.78, 5) is 15.0. The molecule has 9 heteroatoms. The van der Waals surface area contributed by atoms with Crippen molar-refractivity contribution in [3.63, 3.8) is 0 Å². The third kappa shape index (κ3) is 10.4. The number of Topliss-reactive ketones (excluding diaryl/α,β-unsaturated/α-hetero) is 1. The van der Waals surface area contributed by atoms with E-state index in [1.165, 1.54) is 33.7 Å². The van der Waals surface area contributed by atoms with E-state index in [9.17, 15) is 22.9 Å². The molecule has 2 heterocycles. The maximum atomic E-state index is 12.5. The van der Waals surface area contributed by atoms with Crippen molar-refractivity contribution in [2.24, 2.45) is 5.92 Å². The molecule has 0 saturated carbocycles. The van der Waals surface area contributed by atoms with Gasteiger partial charge in [-0.1, -0.05) is 96.0 Å². The minimum Gasteiger partial charge on any atom is -0.497 e. The molecule has 3 aromatic rings. The Balaban J connectivity index is 1.46. The van der Waals surface area contributed by atoms with Crippen molar-refractivity contribution in [2.75, 3.05) is 30.9 Å². The lowest BCUT2D eigenvalue weighted by molar-refractivity contribution is -0.438. The average molecular weight is 862 g/mol. The highest BCUT2D eigenvalue weighted by atomic mass is 32.2. The molecule has 3 aliphatic rings. The van der Waals surface area contributed by atoms with Gasteiger partial charge >= 0.3 is 0 Å². The van der Waals surface area contributed by atoms with Crippen molar-refractivity contribution in [2.45, 2.75) is 130 Å². The third-order valence-electron chi connectivity index (χ3n) is 13.2. The lowest BCUT2D eigenvalue weighted by Crippen LogP contribution is -2.28. The molecule has 2 N–H and O–H groups in total. The zero-order valence-corrected chi connectivity index (χ0v) is 39.2. The number of fused-ring (bicyclic) bond motifs is 2. The van der Waals surface area contributed by atoms with Crippen molar-refractivity contribution in [1.29, 1.82) is 0 Å². The molecule has 0 spiro atoms. The molecule has 0 aromatic heterocycles. The van der Waals surface area contributed by atoms with E-state index in [0.717, 1.165) is 90.9 Å². The first kappa shape index (κ1) is 46.9. The van der Waals surface area contributed by atoms with Gasteiger partial charge in [0.15, 0.2) is 5.71 Å². The van der Waals surface area contributed by atoms with Crippen molar-refractivity contribution < 1.29 is 32.2 Å². The van der Waals surface area contributed by atoms with E-state index in [4.69, 9.17) is 4.74 Å². The van der Waals surface area contributed by atoms with E-state index in [0.29, 0.717) is 25.8 Å². The number of rotatable bonds is 19. The summed E-state index contributed by atoms with van der Waals surface area (Å²) < 4.78 is 40.6. The standard InChI is InChI=1S/C53H68N2O6S/c1-9-10-11-31-54-46-26-19-39(36-56)34-44(46)52(4,5)49(54)29-23-40-15-14-16-41(51(40)42-21-17-38(18-22-42)20-28-48(57)37(2)3)24-30-50-53(6,7)45-35-43(61-8)25-27-47(45)55(50)32-12-13-33-62(58,59)60/h17-19,21-27,29-30,34-35,37,56H,9-16,20,28,31-33,36H2,1-8H3/p+1. The van der Waals surface area contributed by atoms with Crippen LogP contribution >= 0.6 is 0 Å². The number of ketones is 1. The number of aliphatic hydroxyl groups is 1. The molecule has 0 amide bonds. The Bertz CT molecular complexity index is 2400. The molecule has 0 unspecified atom stereocenters. The second-order valence-corrected chi connectivity index (χ2v) is 20.3. The molecule has 332 valence electrons. The fraction of sp³-hybridized carbons (Fsp3) is 0.472. The van der Waals surface area contributed by atoms with Gasteiger partial charge in [-0.2, -0.15) is 13.0 Å².